The molecule has 0 unspecified atom stereocenters. The highest BCUT2D eigenvalue weighted by Crippen LogP contribution is 2.25. The number of aromatic nitrogens is 2. The second-order valence-electron chi connectivity index (χ2n) is 4.27. The van der Waals surface area contributed by atoms with Crippen molar-refractivity contribution in [2.45, 2.75) is 32.3 Å². The first-order valence-electron chi connectivity index (χ1n) is 6.14. The SMILES string of the molecule is CCn1nc(C)cc1COc1ccc(Br)c(CBr)c1. The largest absolute Gasteiger partial charge is 0.487 e. The third-order valence-corrected chi connectivity index (χ3v) is 4.21. The fourth-order valence-electron chi connectivity index (χ4n) is 1.89. The summed E-state index contributed by atoms with van der Waals surface area (Å²) in [6, 6.07) is 8.08. The maximum absolute atomic E-state index is 5.84. The molecule has 2 aromatic rings. The third-order valence-electron chi connectivity index (χ3n) is 2.83. The predicted octanol–water partition coefficient (Wildman–Crippen LogP) is 4.45. The first-order chi connectivity index (χ1) is 9.13. The van der Waals surface area contributed by atoms with Crippen molar-refractivity contribution >= 4 is 31.9 Å². The molecule has 1 aromatic carbocycles. The van der Waals surface area contributed by atoms with E-state index in [9.17, 15) is 0 Å². The first kappa shape index (κ1) is 14.6. The van der Waals surface area contributed by atoms with Gasteiger partial charge in [0.2, 0.25) is 0 Å². The summed E-state index contributed by atoms with van der Waals surface area (Å²) in [6.45, 7) is 5.48. The molecule has 0 amide bonds. The van der Waals surface area contributed by atoms with E-state index in [-0.39, 0.29) is 0 Å². The number of halogens is 2. The van der Waals surface area contributed by atoms with Crippen molar-refractivity contribution in [3.8, 4) is 5.75 Å². The monoisotopic (exact) mass is 386 g/mol. The Bertz CT molecular complexity index is 567. The van der Waals surface area contributed by atoms with Gasteiger partial charge < -0.3 is 4.74 Å². The van der Waals surface area contributed by atoms with Crippen molar-refractivity contribution in [2.24, 2.45) is 0 Å². The number of ether oxygens (including phenoxy) is 1. The Morgan fingerprint density at radius 2 is 2.11 bits per heavy atom. The Hall–Kier alpha value is -0.810. The second-order valence-corrected chi connectivity index (χ2v) is 5.68. The van der Waals surface area contributed by atoms with E-state index in [0.29, 0.717) is 6.61 Å². The Kier molecular flexibility index (Phi) is 5.05. The van der Waals surface area contributed by atoms with E-state index in [1.165, 1.54) is 5.56 Å². The Morgan fingerprint density at radius 1 is 1.32 bits per heavy atom. The minimum atomic E-state index is 0.540. The van der Waals surface area contributed by atoms with Gasteiger partial charge in [0.05, 0.1) is 11.4 Å². The summed E-state index contributed by atoms with van der Waals surface area (Å²) in [7, 11) is 0. The van der Waals surface area contributed by atoms with Crippen molar-refractivity contribution in [2.75, 3.05) is 0 Å². The topological polar surface area (TPSA) is 27.1 Å². The second kappa shape index (κ2) is 6.57. The maximum Gasteiger partial charge on any atom is 0.130 e. The lowest BCUT2D eigenvalue weighted by atomic mass is 10.2. The molecule has 19 heavy (non-hydrogen) atoms. The van der Waals surface area contributed by atoms with Crippen LogP contribution >= 0.6 is 31.9 Å². The summed E-state index contributed by atoms with van der Waals surface area (Å²) in [5.74, 6) is 0.874. The molecule has 2 rings (SSSR count). The Morgan fingerprint density at radius 3 is 2.79 bits per heavy atom. The minimum absolute atomic E-state index is 0.540. The molecule has 0 N–H and O–H groups in total. The lowest BCUT2D eigenvalue weighted by Crippen LogP contribution is -2.06. The molecule has 0 atom stereocenters. The van der Waals surface area contributed by atoms with Crippen molar-refractivity contribution in [1.29, 1.82) is 0 Å². The molecule has 1 aromatic heterocycles. The van der Waals surface area contributed by atoms with Crippen LogP contribution in [0.2, 0.25) is 0 Å². The molecular formula is C14H16Br2N2O. The number of rotatable bonds is 5. The van der Waals surface area contributed by atoms with Crippen LogP contribution < -0.4 is 4.74 Å². The number of nitrogens with zero attached hydrogens (tertiary/aromatic N) is 2. The number of alkyl halides is 1. The number of aryl methyl sites for hydroxylation is 2. The highest BCUT2D eigenvalue weighted by molar-refractivity contribution is 9.10. The molecule has 1 heterocycles. The molecule has 102 valence electrons. The van der Waals surface area contributed by atoms with Gasteiger partial charge in [-0.2, -0.15) is 5.10 Å². The molecule has 0 aliphatic rings. The lowest BCUT2D eigenvalue weighted by Gasteiger charge is -2.09. The van der Waals surface area contributed by atoms with Crippen LogP contribution in [-0.2, 0) is 18.5 Å². The summed E-state index contributed by atoms with van der Waals surface area (Å²) >= 11 is 6.98. The molecule has 0 fully saturated rings. The van der Waals surface area contributed by atoms with E-state index in [2.05, 4.69) is 49.9 Å². The summed E-state index contributed by atoms with van der Waals surface area (Å²) in [5.41, 5.74) is 3.30. The standard InChI is InChI=1S/C14H16Br2N2O/c1-3-18-12(6-10(2)17-18)9-19-13-4-5-14(16)11(7-13)8-15/h4-7H,3,8-9H2,1-2H3. The number of hydrogen-bond donors (Lipinski definition) is 0. The summed E-state index contributed by atoms with van der Waals surface area (Å²) in [6.07, 6.45) is 0. The van der Waals surface area contributed by atoms with Crippen LogP contribution in [0.3, 0.4) is 0 Å². The lowest BCUT2D eigenvalue weighted by molar-refractivity contribution is 0.292. The summed E-state index contributed by atoms with van der Waals surface area (Å²) < 4.78 is 8.90. The van der Waals surface area contributed by atoms with E-state index in [4.69, 9.17) is 4.74 Å². The zero-order valence-electron chi connectivity index (χ0n) is 11.0. The van der Waals surface area contributed by atoms with Crippen LogP contribution in [-0.4, -0.2) is 9.78 Å². The van der Waals surface area contributed by atoms with E-state index in [1.54, 1.807) is 0 Å². The molecule has 0 saturated heterocycles. The van der Waals surface area contributed by atoms with Crippen LogP contribution in [0.15, 0.2) is 28.7 Å². The van der Waals surface area contributed by atoms with E-state index < -0.39 is 0 Å². The van der Waals surface area contributed by atoms with Crippen molar-refractivity contribution in [3.05, 3.63) is 45.7 Å². The zero-order chi connectivity index (χ0) is 13.8. The van der Waals surface area contributed by atoms with Gasteiger partial charge in [-0.3, -0.25) is 4.68 Å². The summed E-state index contributed by atoms with van der Waals surface area (Å²) in [5, 5.41) is 5.21. The third kappa shape index (κ3) is 3.60. The fraction of sp³-hybridized carbons (Fsp3) is 0.357. The minimum Gasteiger partial charge on any atom is -0.487 e. The molecule has 5 heteroatoms. The van der Waals surface area contributed by atoms with Gasteiger partial charge >= 0.3 is 0 Å². The highest BCUT2D eigenvalue weighted by Gasteiger charge is 2.06. The van der Waals surface area contributed by atoms with Crippen molar-refractivity contribution < 1.29 is 4.74 Å². The van der Waals surface area contributed by atoms with E-state index in [1.807, 2.05) is 29.8 Å². The van der Waals surface area contributed by atoms with Gasteiger partial charge in [-0.15, -0.1) is 0 Å². The summed E-state index contributed by atoms with van der Waals surface area (Å²) in [4.78, 5) is 0. The van der Waals surface area contributed by atoms with Gasteiger partial charge in [0.1, 0.15) is 12.4 Å². The van der Waals surface area contributed by atoms with Crippen molar-refractivity contribution in [3.63, 3.8) is 0 Å². The van der Waals surface area contributed by atoms with Gasteiger partial charge in [0.15, 0.2) is 0 Å². The van der Waals surface area contributed by atoms with Crippen LogP contribution in [0.1, 0.15) is 23.9 Å². The van der Waals surface area contributed by atoms with E-state index in [0.717, 1.165) is 33.5 Å². The van der Waals surface area contributed by atoms with Gasteiger partial charge in [-0.05, 0) is 43.7 Å². The van der Waals surface area contributed by atoms with Crippen LogP contribution in [0.4, 0.5) is 0 Å². The zero-order valence-corrected chi connectivity index (χ0v) is 14.2. The molecular weight excluding hydrogens is 372 g/mol. The number of hydrogen-bond acceptors (Lipinski definition) is 2. The molecule has 3 nitrogen and oxygen atoms in total. The van der Waals surface area contributed by atoms with Crippen LogP contribution in [0, 0.1) is 6.92 Å². The molecule has 0 aliphatic heterocycles. The van der Waals surface area contributed by atoms with Gasteiger partial charge in [0, 0.05) is 16.3 Å². The average Bonchev–Trinajstić information content (AvgIpc) is 2.78. The van der Waals surface area contributed by atoms with Crippen LogP contribution in [0.25, 0.3) is 0 Å². The molecule has 0 bridgehead atoms. The van der Waals surface area contributed by atoms with Gasteiger partial charge in [0.25, 0.3) is 0 Å². The number of benzene rings is 1. The normalized spacial score (nSPS) is 10.7. The highest BCUT2D eigenvalue weighted by atomic mass is 79.9. The van der Waals surface area contributed by atoms with E-state index >= 15 is 0 Å². The Balaban J connectivity index is 2.09. The maximum atomic E-state index is 5.84. The molecule has 0 spiro atoms. The molecule has 0 aliphatic carbocycles. The Labute approximate surface area is 130 Å². The average molecular weight is 388 g/mol. The first-order valence-corrected chi connectivity index (χ1v) is 8.06. The van der Waals surface area contributed by atoms with Crippen LogP contribution in [0.5, 0.6) is 5.75 Å². The van der Waals surface area contributed by atoms with Gasteiger partial charge in [-0.1, -0.05) is 31.9 Å². The quantitative estimate of drug-likeness (QED) is 0.708. The fourth-order valence-corrected chi connectivity index (χ4v) is 3.12. The predicted molar refractivity (Wildman–Crippen MR) is 83.7 cm³/mol. The molecule has 0 saturated carbocycles. The van der Waals surface area contributed by atoms with Crippen molar-refractivity contribution in [1.82, 2.24) is 9.78 Å². The smallest absolute Gasteiger partial charge is 0.130 e. The molecule has 0 radical (unpaired) electrons. The van der Waals surface area contributed by atoms with Gasteiger partial charge in [-0.25, -0.2) is 0 Å².